The third-order valence-corrected chi connectivity index (χ3v) is 4.10. The molecule has 0 bridgehead atoms. The Hall–Kier alpha value is -0.290. The fraction of sp³-hybridized carbons (Fsp3) is 0.500. The molecular formula is C12H15BrClNO2. The molecule has 1 fully saturated rings. The van der Waals surface area contributed by atoms with Crippen molar-refractivity contribution in [1.29, 1.82) is 0 Å². The maximum Gasteiger partial charge on any atom is 0.0799 e. The van der Waals surface area contributed by atoms with Crippen LogP contribution in [0.25, 0.3) is 0 Å². The topological polar surface area (TPSA) is 41.5 Å². The number of anilines is 1. The second-order valence-corrected chi connectivity index (χ2v) is 5.38. The summed E-state index contributed by atoms with van der Waals surface area (Å²) in [7, 11) is 0. The average Bonchev–Trinajstić information content (AvgIpc) is 2.84. The monoisotopic (exact) mass is 319 g/mol. The lowest BCUT2D eigenvalue weighted by molar-refractivity contribution is 0.0758. The molecule has 1 saturated heterocycles. The lowest BCUT2D eigenvalue weighted by atomic mass is 10.1. The van der Waals surface area contributed by atoms with Crippen molar-refractivity contribution in [3.8, 4) is 0 Å². The normalized spacial score (nSPS) is 21.5. The predicted molar refractivity (Wildman–Crippen MR) is 72.6 cm³/mol. The first-order valence-electron chi connectivity index (χ1n) is 5.65. The van der Waals surface area contributed by atoms with Gasteiger partial charge >= 0.3 is 0 Å². The average molecular weight is 321 g/mol. The summed E-state index contributed by atoms with van der Waals surface area (Å²) in [5.74, 6) is 0. The zero-order valence-corrected chi connectivity index (χ0v) is 11.7. The SMILES string of the molecule is OCC(Nc1ccc(Cl)c(Br)c1)C1CCCO1. The predicted octanol–water partition coefficient (Wildman–Crippen LogP) is 3.05. The molecule has 17 heavy (non-hydrogen) atoms. The van der Waals surface area contributed by atoms with Crippen molar-refractivity contribution in [2.45, 2.75) is 25.0 Å². The first kappa shape index (κ1) is 13.1. The van der Waals surface area contributed by atoms with Gasteiger partial charge in [0, 0.05) is 16.8 Å². The van der Waals surface area contributed by atoms with Gasteiger partial charge in [0.1, 0.15) is 0 Å². The third-order valence-electron chi connectivity index (χ3n) is 2.88. The number of hydrogen-bond acceptors (Lipinski definition) is 3. The molecule has 0 spiro atoms. The Bertz CT molecular complexity index is 383. The quantitative estimate of drug-likeness (QED) is 0.896. The molecule has 1 heterocycles. The number of benzene rings is 1. The summed E-state index contributed by atoms with van der Waals surface area (Å²) in [6, 6.07) is 5.55. The molecule has 1 aromatic carbocycles. The van der Waals surface area contributed by atoms with E-state index in [1.54, 1.807) is 0 Å². The van der Waals surface area contributed by atoms with Crippen LogP contribution >= 0.6 is 27.5 Å². The van der Waals surface area contributed by atoms with Crippen LogP contribution in [0.15, 0.2) is 22.7 Å². The Balaban J connectivity index is 2.04. The van der Waals surface area contributed by atoms with Gasteiger partial charge in [-0.15, -0.1) is 0 Å². The van der Waals surface area contributed by atoms with E-state index in [1.165, 1.54) is 0 Å². The number of hydrogen-bond donors (Lipinski definition) is 2. The molecule has 1 aliphatic heterocycles. The lowest BCUT2D eigenvalue weighted by Crippen LogP contribution is -2.36. The first-order chi connectivity index (χ1) is 8.20. The summed E-state index contributed by atoms with van der Waals surface area (Å²) in [5.41, 5.74) is 0.927. The van der Waals surface area contributed by atoms with Crippen LogP contribution in [0.3, 0.4) is 0 Å². The summed E-state index contributed by atoms with van der Waals surface area (Å²) < 4.78 is 6.41. The summed E-state index contributed by atoms with van der Waals surface area (Å²) in [4.78, 5) is 0. The maximum absolute atomic E-state index is 9.39. The fourth-order valence-corrected chi connectivity index (χ4v) is 2.47. The van der Waals surface area contributed by atoms with Crippen LogP contribution in [-0.2, 0) is 4.74 Å². The minimum atomic E-state index is -0.0643. The number of aliphatic hydroxyl groups is 1. The van der Waals surface area contributed by atoms with E-state index < -0.39 is 0 Å². The first-order valence-corrected chi connectivity index (χ1v) is 6.82. The van der Waals surface area contributed by atoms with Gasteiger partial charge < -0.3 is 15.2 Å². The van der Waals surface area contributed by atoms with Gasteiger partial charge in [0.15, 0.2) is 0 Å². The fourth-order valence-electron chi connectivity index (χ4n) is 1.98. The highest BCUT2D eigenvalue weighted by Gasteiger charge is 2.25. The van der Waals surface area contributed by atoms with Gasteiger partial charge in [0.25, 0.3) is 0 Å². The molecule has 94 valence electrons. The Morgan fingerprint density at radius 2 is 2.41 bits per heavy atom. The zero-order chi connectivity index (χ0) is 12.3. The molecule has 1 aromatic rings. The summed E-state index contributed by atoms with van der Waals surface area (Å²) >= 11 is 9.31. The summed E-state index contributed by atoms with van der Waals surface area (Å²) in [6.45, 7) is 0.845. The van der Waals surface area contributed by atoms with Crippen molar-refractivity contribution in [2.24, 2.45) is 0 Å². The number of nitrogens with one attached hydrogen (secondary N) is 1. The van der Waals surface area contributed by atoms with E-state index in [1.807, 2.05) is 18.2 Å². The highest BCUT2D eigenvalue weighted by atomic mass is 79.9. The van der Waals surface area contributed by atoms with Gasteiger partial charge in [-0.1, -0.05) is 11.6 Å². The Labute approximate surface area is 114 Å². The Morgan fingerprint density at radius 1 is 1.59 bits per heavy atom. The summed E-state index contributed by atoms with van der Waals surface area (Å²) in [5, 5.41) is 13.3. The highest BCUT2D eigenvalue weighted by molar-refractivity contribution is 9.10. The van der Waals surface area contributed by atoms with E-state index in [0.29, 0.717) is 5.02 Å². The van der Waals surface area contributed by atoms with Crippen molar-refractivity contribution in [2.75, 3.05) is 18.5 Å². The molecule has 2 rings (SSSR count). The summed E-state index contributed by atoms with van der Waals surface area (Å²) in [6.07, 6.45) is 2.15. The van der Waals surface area contributed by atoms with Gasteiger partial charge in [-0.05, 0) is 47.0 Å². The van der Waals surface area contributed by atoms with Gasteiger partial charge in [-0.25, -0.2) is 0 Å². The van der Waals surface area contributed by atoms with Crippen molar-refractivity contribution in [1.82, 2.24) is 0 Å². The Kier molecular flexibility index (Phi) is 4.68. The van der Waals surface area contributed by atoms with Crippen LogP contribution in [0, 0.1) is 0 Å². The highest BCUT2D eigenvalue weighted by Crippen LogP contribution is 2.27. The van der Waals surface area contributed by atoms with E-state index in [9.17, 15) is 5.11 Å². The van der Waals surface area contributed by atoms with Crippen molar-refractivity contribution in [3.63, 3.8) is 0 Å². The van der Waals surface area contributed by atoms with Crippen LogP contribution in [-0.4, -0.2) is 30.5 Å². The molecule has 0 amide bonds. The molecule has 2 unspecified atom stereocenters. The van der Waals surface area contributed by atoms with Crippen molar-refractivity contribution >= 4 is 33.2 Å². The molecule has 5 heteroatoms. The Morgan fingerprint density at radius 3 is 3.00 bits per heavy atom. The zero-order valence-electron chi connectivity index (χ0n) is 9.33. The van der Waals surface area contributed by atoms with Crippen LogP contribution in [0.2, 0.25) is 5.02 Å². The minimum Gasteiger partial charge on any atom is -0.394 e. The lowest BCUT2D eigenvalue weighted by Gasteiger charge is -2.23. The number of halogens is 2. The maximum atomic E-state index is 9.39. The van der Waals surface area contributed by atoms with E-state index >= 15 is 0 Å². The molecule has 0 radical (unpaired) electrons. The molecular weight excluding hydrogens is 305 g/mol. The number of rotatable bonds is 4. The molecule has 2 N–H and O–H groups in total. The van der Waals surface area contributed by atoms with E-state index in [-0.39, 0.29) is 18.8 Å². The minimum absolute atomic E-state index is 0.0604. The second-order valence-electron chi connectivity index (χ2n) is 4.11. The molecule has 2 atom stereocenters. The van der Waals surface area contributed by atoms with Gasteiger partial charge in [-0.3, -0.25) is 0 Å². The second kappa shape index (κ2) is 6.05. The molecule has 1 aliphatic rings. The van der Waals surface area contributed by atoms with Crippen molar-refractivity contribution in [3.05, 3.63) is 27.7 Å². The van der Waals surface area contributed by atoms with E-state index in [2.05, 4.69) is 21.2 Å². The van der Waals surface area contributed by atoms with Crippen molar-refractivity contribution < 1.29 is 9.84 Å². The molecule has 0 aliphatic carbocycles. The number of ether oxygens (including phenoxy) is 1. The van der Waals surface area contributed by atoms with Gasteiger partial charge in [0.2, 0.25) is 0 Å². The largest absolute Gasteiger partial charge is 0.394 e. The standard InChI is InChI=1S/C12H15BrClNO2/c13-9-6-8(3-4-10(9)14)15-11(7-16)12-2-1-5-17-12/h3-4,6,11-12,15-16H,1-2,5,7H2. The van der Waals surface area contributed by atoms with Crippen LogP contribution < -0.4 is 5.32 Å². The molecule has 0 saturated carbocycles. The molecule has 0 aromatic heterocycles. The van der Waals surface area contributed by atoms with Gasteiger partial charge in [0.05, 0.1) is 23.8 Å². The van der Waals surface area contributed by atoms with Crippen LogP contribution in [0.4, 0.5) is 5.69 Å². The van der Waals surface area contributed by atoms with E-state index in [4.69, 9.17) is 16.3 Å². The van der Waals surface area contributed by atoms with Crippen LogP contribution in [0.1, 0.15) is 12.8 Å². The smallest absolute Gasteiger partial charge is 0.0799 e. The van der Waals surface area contributed by atoms with Crippen LogP contribution in [0.5, 0.6) is 0 Å². The molecule has 3 nitrogen and oxygen atoms in total. The van der Waals surface area contributed by atoms with E-state index in [0.717, 1.165) is 29.6 Å². The van der Waals surface area contributed by atoms with Gasteiger partial charge in [-0.2, -0.15) is 0 Å². The number of aliphatic hydroxyl groups excluding tert-OH is 1. The third kappa shape index (κ3) is 3.35.